The van der Waals surface area contributed by atoms with Gasteiger partial charge in [0.05, 0.1) is 12.3 Å². The number of carbonyl (C=O) groups is 2. The Balaban J connectivity index is 2.56. The van der Waals surface area contributed by atoms with Crippen molar-refractivity contribution in [1.29, 1.82) is 0 Å². The van der Waals surface area contributed by atoms with E-state index in [0.29, 0.717) is 18.6 Å². The maximum Gasteiger partial charge on any atom is 0.330 e. The number of aliphatic carboxylic acids is 1. The number of carboxylic acid groups (broad SMARTS) is 1. The normalized spacial score (nSPS) is 12.6. The zero-order valence-corrected chi connectivity index (χ0v) is 13.5. The molecule has 0 aliphatic heterocycles. The summed E-state index contributed by atoms with van der Waals surface area (Å²) in [7, 11) is -2.15. The molecule has 9 heteroatoms. The van der Waals surface area contributed by atoms with E-state index in [1.54, 1.807) is 30.3 Å². The lowest BCUT2D eigenvalue weighted by Gasteiger charge is -2.15. The number of benzene rings is 1. The number of carbonyl (C=O) groups excluding carboxylic acids is 1. The van der Waals surface area contributed by atoms with E-state index in [1.165, 1.54) is 7.11 Å². The fourth-order valence-electron chi connectivity index (χ4n) is 1.79. The molecule has 1 amide bonds. The van der Waals surface area contributed by atoms with Crippen molar-refractivity contribution >= 4 is 21.9 Å². The summed E-state index contributed by atoms with van der Waals surface area (Å²) in [6.07, 6.45) is 0.301. The lowest BCUT2D eigenvalue weighted by atomic mass is 10.1. The minimum absolute atomic E-state index is 0.171. The molecule has 0 aliphatic carbocycles. The van der Waals surface area contributed by atoms with Gasteiger partial charge in [0.25, 0.3) is 0 Å². The van der Waals surface area contributed by atoms with Gasteiger partial charge in [0.2, 0.25) is 15.9 Å². The van der Waals surface area contributed by atoms with Gasteiger partial charge in [-0.15, -0.1) is 0 Å². The Labute approximate surface area is 134 Å². The molecule has 1 aromatic rings. The summed E-state index contributed by atoms with van der Waals surface area (Å²) in [5, 5.41) is 11.5. The lowest BCUT2D eigenvalue weighted by molar-refractivity contribution is -0.141. The van der Waals surface area contributed by atoms with Crippen LogP contribution >= 0.6 is 0 Å². The van der Waals surface area contributed by atoms with Crippen molar-refractivity contribution in [2.24, 2.45) is 0 Å². The molecule has 0 aromatic heterocycles. The summed E-state index contributed by atoms with van der Waals surface area (Å²) >= 11 is 0. The van der Waals surface area contributed by atoms with Gasteiger partial charge in [-0.2, -0.15) is 0 Å². The van der Waals surface area contributed by atoms with Crippen molar-refractivity contribution in [1.82, 2.24) is 10.0 Å². The van der Waals surface area contributed by atoms with E-state index in [9.17, 15) is 23.1 Å². The fraction of sp³-hybridized carbons (Fsp3) is 0.429. The van der Waals surface area contributed by atoms with Crippen LogP contribution in [0, 0.1) is 0 Å². The highest BCUT2D eigenvalue weighted by molar-refractivity contribution is 7.89. The van der Waals surface area contributed by atoms with Crippen LogP contribution in [0.5, 0.6) is 0 Å². The Hall–Kier alpha value is -1.97. The zero-order chi connectivity index (χ0) is 17.3. The molecule has 3 N–H and O–H groups in total. The minimum atomic E-state index is -3.61. The van der Waals surface area contributed by atoms with Crippen LogP contribution in [0.25, 0.3) is 0 Å². The van der Waals surface area contributed by atoms with Crippen molar-refractivity contribution in [2.75, 3.05) is 26.0 Å². The second kappa shape index (κ2) is 9.23. The van der Waals surface area contributed by atoms with Gasteiger partial charge in [0, 0.05) is 13.7 Å². The van der Waals surface area contributed by atoms with Gasteiger partial charge < -0.3 is 15.2 Å². The van der Waals surface area contributed by atoms with Gasteiger partial charge in [-0.05, 0) is 12.0 Å². The van der Waals surface area contributed by atoms with Crippen molar-refractivity contribution < 1.29 is 27.9 Å². The third-order valence-corrected chi connectivity index (χ3v) is 4.31. The van der Waals surface area contributed by atoms with E-state index < -0.39 is 34.5 Å². The Kier molecular flexibility index (Phi) is 7.66. The molecule has 0 bridgehead atoms. The third kappa shape index (κ3) is 7.22. The number of methoxy groups -OCH3 is 1. The summed E-state index contributed by atoms with van der Waals surface area (Å²) in [6.45, 7) is -0.228. The molecule has 0 fully saturated rings. The minimum Gasteiger partial charge on any atom is -0.479 e. The van der Waals surface area contributed by atoms with Crippen LogP contribution in [0.2, 0.25) is 0 Å². The van der Waals surface area contributed by atoms with Gasteiger partial charge in [0.1, 0.15) is 0 Å². The summed E-state index contributed by atoms with van der Waals surface area (Å²) in [5.74, 6) is -2.13. The standard InChI is InChI=1S/C14H20N2O6S/c1-22-8-5-9-23(20,21)15-10-12(17)16-13(14(18)19)11-6-3-2-4-7-11/h2-4,6-7,13,15H,5,8-10H2,1H3,(H,16,17)(H,18,19)/t13-/m0/s1. The Morgan fingerprint density at radius 2 is 1.91 bits per heavy atom. The smallest absolute Gasteiger partial charge is 0.330 e. The molecule has 1 rings (SSSR count). The molecule has 0 heterocycles. The summed E-state index contributed by atoms with van der Waals surface area (Å²) in [6, 6.07) is 6.91. The number of rotatable bonds is 10. The maximum atomic E-state index is 11.8. The van der Waals surface area contributed by atoms with Crippen LogP contribution in [0.15, 0.2) is 30.3 Å². The van der Waals surface area contributed by atoms with E-state index in [1.807, 2.05) is 0 Å². The molecule has 0 aliphatic rings. The average molecular weight is 344 g/mol. The average Bonchev–Trinajstić information content (AvgIpc) is 2.51. The monoisotopic (exact) mass is 344 g/mol. The van der Waals surface area contributed by atoms with Gasteiger partial charge >= 0.3 is 5.97 Å². The van der Waals surface area contributed by atoms with Gasteiger partial charge in [-0.1, -0.05) is 30.3 Å². The first-order chi connectivity index (χ1) is 10.9. The van der Waals surface area contributed by atoms with E-state index in [2.05, 4.69) is 10.0 Å². The Morgan fingerprint density at radius 3 is 2.48 bits per heavy atom. The number of ether oxygens (including phenoxy) is 1. The quantitative estimate of drug-likeness (QED) is 0.509. The third-order valence-electron chi connectivity index (χ3n) is 2.90. The van der Waals surface area contributed by atoms with Crippen LogP contribution in [-0.4, -0.2) is 51.4 Å². The molecule has 23 heavy (non-hydrogen) atoms. The second-order valence-corrected chi connectivity index (χ2v) is 6.66. The number of amides is 1. The highest BCUT2D eigenvalue weighted by Crippen LogP contribution is 2.12. The number of nitrogens with one attached hydrogen (secondary N) is 2. The first kappa shape index (κ1) is 19.1. The number of carboxylic acids is 1. The molecule has 0 saturated carbocycles. The molecule has 0 spiro atoms. The van der Waals surface area contributed by atoms with Gasteiger partial charge in [-0.25, -0.2) is 17.9 Å². The van der Waals surface area contributed by atoms with Crippen molar-refractivity contribution in [3.05, 3.63) is 35.9 Å². The van der Waals surface area contributed by atoms with Crippen LogP contribution in [0.4, 0.5) is 0 Å². The SMILES string of the molecule is COCCCS(=O)(=O)NCC(=O)N[C@H](C(=O)O)c1ccccc1. The van der Waals surface area contributed by atoms with Crippen molar-refractivity contribution in [3.63, 3.8) is 0 Å². The van der Waals surface area contributed by atoms with E-state index in [-0.39, 0.29) is 5.75 Å². The Morgan fingerprint density at radius 1 is 1.26 bits per heavy atom. The summed E-state index contributed by atoms with van der Waals surface area (Å²) in [5.41, 5.74) is 0.399. The number of hydrogen-bond acceptors (Lipinski definition) is 5. The van der Waals surface area contributed by atoms with E-state index >= 15 is 0 Å². The topological polar surface area (TPSA) is 122 Å². The molecule has 0 saturated heterocycles. The molecular formula is C14H20N2O6S. The van der Waals surface area contributed by atoms with Crippen molar-refractivity contribution in [3.8, 4) is 0 Å². The first-order valence-electron chi connectivity index (χ1n) is 6.89. The summed E-state index contributed by atoms with van der Waals surface area (Å²) < 4.78 is 30.2. The number of hydrogen-bond donors (Lipinski definition) is 3. The highest BCUT2D eigenvalue weighted by atomic mass is 32.2. The van der Waals surface area contributed by atoms with Crippen LogP contribution in [0.3, 0.4) is 0 Å². The predicted molar refractivity (Wildman–Crippen MR) is 83.2 cm³/mol. The van der Waals surface area contributed by atoms with Crippen LogP contribution < -0.4 is 10.0 Å². The largest absolute Gasteiger partial charge is 0.479 e. The molecular weight excluding hydrogens is 324 g/mol. The maximum absolute atomic E-state index is 11.8. The highest BCUT2D eigenvalue weighted by Gasteiger charge is 2.22. The number of sulfonamides is 1. The van der Waals surface area contributed by atoms with Crippen LogP contribution in [-0.2, 0) is 24.3 Å². The summed E-state index contributed by atoms with van der Waals surface area (Å²) in [4.78, 5) is 23.0. The molecule has 1 aromatic carbocycles. The van der Waals surface area contributed by atoms with Gasteiger partial charge in [0.15, 0.2) is 6.04 Å². The molecule has 0 radical (unpaired) electrons. The second-order valence-electron chi connectivity index (χ2n) is 4.74. The van der Waals surface area contributed by atoms with E-state index in [4.69, 9.17) is 4.74 Å². The molecule has 128 valence electrons. The zero-order valence-electron chi connectivity index (χ0n) is 12.7. The fourth-order valence-corrected chi connectivity index (χ4v) is 2.78. The predicted octanol–water partition coefficient (Wildman–Crippen LogP) is -0.116. The molecule has 8 nitrogen and oxygen atoms in total. The van der Waals surface area contributed by atoms with Crippen molar-refractivity contribution in [2.45, 2.75) is 12.5 Å². The van der Waals surface area contributed by atoms with Gasteiger partial charge in [-0.3, -0.25) is 4.79 Å². The Bertz CT molecular complexity index is 617. The molecule has 0 unspecified atom stereocenters. The van der Waals surface area contributed by atoms with Crippen LogP contribution in [0.1, 0.15) is 18.0 Å². The first-order valence-corrected chi connectivity index (χ1v) is 8.54. The van der Waals surface area contributed by atoms with E-state index in [0.717, 1.165) is 0 Å². The lowest BCUT2D eigenvalue weighted by Crippen LogP contribution is -2.41. The molecule has 1 atom stereocenters.